The highest BCUT2D eigenvalue weighted by atomic mass is 15.3. The molecule has 0 amide bonds. The van der Waals surface area contributed by atoms with Crippen molar-refractivity contribution >= 4 is 5.69 Å². The lowest BCUT2D eigenvalue weighted by Crippen LogP contribution is -2.50. The van der Waals surface area contributed by atoms with Gasteiger partial charge in [-0.2, -0.15) is 0 Å². The minimum Gasteiger partial charge on any atom is -0.368 e. The van der Waals surface area contributed by atoms with Crippen LogP contribution in [-0.4, -0.2) is 43.7 Å². The van der Waals surface area contributed by atoms with Crippen LogP contribution >= 0.6 is 0 Å². The van der Waals surface area contributed by atoms with E-state index in [9.17, 15) is 0 Å². The molecule has 112 valence electrons. The topological polar surface area (TPSA) is 18.5 Å². The van der Waals surface area contributed by atoms with Gasteiger partial charge in [-0.25, -0.2) is 0 Å². The molecule has 0 aromatic heterocycles. The van der Waals surface area contributed by atoms with Crippen LogP contribution in [0.4, 0.5) is 5.69 Å². The molecule has 1 unspecified atom stereocenters. The largest absolute Gasteiger partial charge is 0.368 e. The van der Waals surface area contributed by atoms with Crippen molar-refractivity contribution in [3.63, 3.8) is 0 Å². The quantitative estimate of drug-likeness (QED) is 0.911. The first-order valence-electron chi connectivity index (χ1n) is 7.75. The average Bonchev–Trinajstić information content (AvgIpc) is 2.40. The van der Waals surface area contributed by atoms with Gasteiger partial charge in [0.25, 0.3) is 0 Å². The van der Waals surface area contributed by atoms with Gasteiger partial charge < -0.3 is 15.1 Å². The highest BCUT2D eigenvalue weighted by Crippen LogP contribution is 2.24. The van der Waals surface area contributed by atoms with Crippen LogP contribution in [0.25, 0.3) is 0 Å². The summed E-state index contributed by atoms with van der Waals surface area (Å²) in [5.41, 5.74) is 4.17. The SMILES string of the molecule is Cc1cc(CNC(C)C)ccc1N1CCN(C)C(C)C1. The van der Waals surface area contributed by atoms with E-state index in [1.807, 2.05) is 0 Å². The number of aryl methyl sites for hydroxylation is 1. The second-order valence-corrected chi connectivity index (χ2v) is 6.43. The monoisotopic (exact) mass is 275 g/mol. The summed E-state index contributed by atoms with van der Waals surface area (Å²) in [6.45, 7) is 13.3. The highest BCUT2D eigenvalue weighted by Gasteiger charge is 2.21. The third-order valence-electron chi connectivity index (χ3n) is 4.28. The summed E-state index contributed by atoms with van der Waals surface area (Å²) in [7, 11) is 2.22. The van der Waals surface area contributed by atoms with Crippen LogP contribution in [0.1, 0.15) is 31.9 Å². The van der Waals surface area contributed by atoms with Crippen LogP contribution in [0.15, 0.2) is 18.2 Å². The molecule has 0 aliphatic carbocycles. The van der Waals surface area contributed by atoms with E-state index in [4.69, 9.17) is 0 Å². The molecule has 1 aromatic rings. The van der Waals surface area contributed by atoms with Crippen molar-refractivity contribution in [3.05, 3.63) is 29.3 Å². The van der Waals surface area contributed by atoms with Gasteiger partial charge in [0.2, 0.25) is 0 Å². The third-order valence-corrected chi connectivity index (χ3v) is 4.28. The molecule has 20 heavy (non-hydrogen) atoms. The molecule has 2 rings (SSSR count). The van der Waals surface area contributed by atoms with Gasteiger partial charge >= 0.3 is 0 Å². The number of nitrogens with zero attached hydrogens (tertiary/aromatic N) is 2. The molecular formula is C17H29N3. The molecule has 1 aliphatic heterocycles. The fourth-order valence-corrected chi connectivity index (χ4v) is 2.77. The van der Waals surface area contributed by atoms with Crippen molar-refractivity contribution in [2.75, 3.05) is 31.6 Å². The minimum absolute atomic E-state index is 0.536. The zero-order valence-corrected chi connectivity index (χ0v) is 13.6. The fourth-order valence-electron chi connectivity index (χ4n) is 2.77. The maximum Gasteiger partial charge on any atom is 0.0397 e. The Morgan fingerprint density at radius 3 is 2.65 bits per heavy atom. The highest BCUT2D eigenvalue weighted by molar-refractivity contribution is 5.55. The Labute approximate surface area is 124 Å². The average molecular weight is 275 g/mol. The standard InChI is InChI=1S/C17H29N3/c1-13(2)18-11-16-6-7-17(14(3)10-16)20-9-8-19(5)15(4)12-20/h6-7,10,13,15,18H,8-9,11-12H2,1-5H3. The smallest absolute Gasteiger partial charge is 0.0397 e. The summed E-state index contributed by atoms with van der Waals surface area (Å²) in [6, 6.07) is 8.05. The predicted molar refractivity (Wildman–Crippen MR) is 87.5 cm³/mol. The van der Waals surface area contributed by atoms with Crippen molar-refractivity contribution in [3.8, 4) is 0 Å². The number of nitrogens with one attached hydrogen (secondary N) is 1. The summed E-state index contributed by atoms with van der Waals surface area (Å²) in [4.78, 5) is 4.96. The van der Waals surface area contributed by atoms with E-state index >= 15 is 0 Å². The first-order valence-corrected chi connectivity index (χ1v) is 7.75. The van der Waals surface area contributed by atoms with E-state index in [-0.39, 0.29) is 0 Å². The Hall–Kier alpha value is -1.06. The first-order chi connectivity index (χ1) is 9.47. The van der Waals surface area contributed by atoms with Gasteiger partial charge in [0.15, 0.2) is 0 Å². The summed E-state index contributed by atoms with van der Waals surface area (Å²) in [6.07, 6.45) is 0. The van der Waals surface area contributed by atoms with Crippen LogP contribution in [0, 0.1) is 6.92 Å². The van der Waals surface area contributed by atoms with Gasteiger partial charge in [0, 0.05) is 44.0 Å². The fraction of sp³-hybridized carbons (Fsp3) is 0.647. The van der Waals surface area contributed by atoms with Gasteiger partial charge in [-0.1, -0.05) is 26.0 Å². The normalized spacial score (nSPS) is 20.7. The number of rotatable bonds is 4. The molecular weight excluding hydrogens is 246 g/mol. The second kappa shape index (κ2) is 6.59. The lowest BCUT2D eigenvalue weighted by atomic mass is 10.1. The number of benzene rings is 1. The number of anilines is 1. The second-order valence-electron chi connectivity index (χ2n) is 6.43. The molecule has 1 N–H and O–H groups in total. The van der Waals surface area contributed by atoms with Crippen molar-refractivity contribution < 1.29 is 0 Å². The predicted octanol–water partition coefficient (Wildman–Crippen LogP) is 2.63. The van der Waals surface area contributed by atoms with Crippen molar-refractivity contribution in [2.45, 2.75) is 46.3 Å². The Kier molecular flexibility index (Phi) is 5.06. The lowest BCUT2D eigenvalue weighted by molar-refractivity contribution is 0.234. The molecule has 0 radical (unpaired) electrons. The maximum atomic E-state index is 3.48. The van der Waals surface area contributed by atoms with Crippen molar-refractivity contribution in [1.29, 1.82) is 0 Å². The zero-order valence-electron chi connectivity index (χ0n) is 13.6. The minimum atomic E-state index is 0.536. The van der Waals surface area contributed by atoms with Gasteiger partial charge in [0.1, 0.15) is 0 Å². The molecule has 0 bridgehead atoms. The van der Waals surface area contributed by atoms with E-state index in [1.165, 1.54) is 16.8 Å². The Bertz CT molecular complexity index is 442. The van der Waals surface area contributed by atoms with Gasteiger partial charge in [-0.05, 0) is 38.1 Å². The molecule has 1 fully saturated rings. The van der Waals surface area contributed by atoms with Gasteiger partial charge in [0.05, 0.1) is 0 Å². The van der Waals surface area contributed by atoms with Crippen LogP contribution in [-0.2, 0) is 6.54 Å². The van der Waals surface area contributed by atoms with Gasteiger partial charge in [-0.3, -0.25) is 0 Å². The van der Waals surface area contributed by atoms with Crippen LogP contribution < -0.4 is 10.2 Å². The molecule has 1 saturated heterocycles. The number of hydrogen-bond donors (Lipinski definition) is 1. The summed E-state index contributed by atoms with van der Waals surface area (Å²) >= 11 is 0. The molecule has 0 spiro atoms. The molecule has 3 nitrogen and oxygen atoms in total. The number of piperazine rings is 1. The van der Waals surface area contributed by atoms with Crippen molar-refractivity contribution in [2.24, 2.45) is 0 Å². The Morgan fingerprint density at radius 1 is 1.30 bits per heavy atom. The van der Waals surface area contributed by atoms with E-state index in [1.54, 1.807) is 0 Å². The van der Waals surface area contributed by atoms with Crippen LogP contribution in [0.3, 0.4) is 0 Å². The van der Waals surface area contributed by atoms with Crippen LogP contribution in [0.2, 0.25) is 0 Å². The number of hydrogen-bond acceptors (Lipinski definition) is 3. The Morgan fingerprint density at radius 2 is 2.05 bits per heavy atom. The molecule has 1 heterocycles. The molecule has 0 saturated carbocycles. The molecule has 1 aliphatic rings. The first kappa shape index (κ1) is 15.3. The molecule has 1 aromatic carbocycles. The summed E-state index contributed by atoms with van der Waals surface area (Å²) in [5, 5.41) is 3.48. The Balaban J connectivity index is 2.06. The van der Waals surface area contributed by atoms with Gasteiger partial charge in [-0.15, -0.1) is 0 Å². The lowest BCUT2D eigenvalue weighted by Gasteiger charge is -2.39. The van der Waals surface area contributed by atoms with Crippen LogP contribution in [0.5, 0.6) is 0 Å². The third kappa shape index (κ3) is 3.74. The van der Waals surface area contributed by atoms with E-state index in [2.05, 4.69) is 68.1 Å². The maximum absolute atomic E-state index is 3.48. The molecule has 1 atom stereocenters. The zero-order chi connectivity index (χ0) is 14.7. The number of likely N-dealkylation sites (N-methyl/N-ethyl adjacent to an activating group) is 1. The molecule has 3 heteroatoms. The summed E-state index contributed by atoms with van der Waals surface area (Å²) < 4.78 is 0. The van der Waals surface area contributed by atoms with E-state index in [0.717, 1.165) is 26.2 Å². The van der Waals surface area contributed by atoms with Crippen molar-refractivity contribution in [1.82, 2.24) is 10.2 Å². The van der Waals surface area contributed by atoms with E-state index < -0.39 is 0 Å². The summed E-state index contributed by atoms with van der Waals surface area (Å²) in [5.74, 6) is 0. The van der Waals surface area contributed by atoms with E-state index in [0.29, 0.717) is 12.1 Å².